The third-order valence-electron chi connectivity index (χ3n) is 4.06. The maximum Gasteiger partial charge on any atom is 0.191 e. The summed E-state index contributed by atoms with van der Waals surface area (Å²) in [5.41, 5.74) is 2.73. The van der Waals surface area contributed by atoms with Crippen LogP contribution in [0.1, 0.15) is 5.69 Å². The number of ether oxygens (including phenoxy) is 1. The number of thioether (sulfide) groups is 1. The van der Waals surface area contributed by atoms with Gasteiger partial charge >= 0.3 is 0 Å². The first-order valence-electron chi connectivity index (χ1n) is 8.38. The molecular formula is C19H18N6OS. The summed E-state index contributed by atoms with van der Waals surface area (Å²) in [6, 6.07) is 17.6. The average molecular weight is 378 g/mol. The van der Waals surface area contributed by atoms with Gasteiger partial charge in [0.15, 0.2) is 11.0 Å². The fourth-order valence-electron chi connectivity index (χ4n) is 2.69. The number of rotatable bonds is 6. The maximum absolute atomic E-state index is 5.43. The zero-order valence-corrected chi connectivity index (χ0v) is 15.8. The van der Waals surface area contributed by atoms with Crippen molar-refractivity contribution in [3.63, 3.8) is 0 Å². The number of nitrogens with zero attached hydrogens (tertiary/aromatic N) is 6. The Labute approximate surface area is 161 Å². The Morgan fingerprint density at radius 3 is 2.59 bits per heavy atom. The lowest BCUT2D eigenvalue weighted by Gasteiger charge is -2.07. The zero-order chi connectivity index (χ0) is 18.6. The fraction of sp³-hybridized carbons (Fsp3) is 0.158. The van der Waals surface area contributed by atoms with E-state index >= 15 is 0 Å². The molecular weight excluding hydrogens is 360 g/mol. The monoisotopic (exact) mass is 378 g/mol. The van der Waals surface area contributed by atoms with Crippen LogP contribution in [0.25, 0.3) is 17.1 Å². The van der Waals surface area contributed by atoms with Crippen molar-refractivity contribution in [2.24, 2.45) is 7.05 Å². The van der Waals surface area contributed by atoms with Crippen molar-refractivity contribution >= 4 is 11.8 Å². The Hall–Kier alpha value is -3.13. The summed E-state index contributed by atoms with van der Waals surface area (Å²) in [4.78, 5) is 1.63. The lowest BCUT2D eigenvalue weighted by Crippen LogP contribution is -1.99. The number of aromatic nitrogens is 6. The Morgan fingerprint density at radius 2 is 1.78 bits per heavy atom. The molecule has 0 fully saturated rings. The second-order valence-corrected chi connectivity index (χ2v) is 6.76. The van der Waals surface area contributed by atoms with Gasteiger partial charge in [-0.2, -0.15) is 15.0 Å². The molecule has 0 radical (unpaired) electrons. The molecule has 0 saturated carbocycles. The van der Waals surface area contributed by atoms with Gasteiger partial charge in [0.2, 0.25) is 0 Å². The molecule has 27 heavy (non-hydrogen) atoms. The van der Waals surface area contributed by atoms with Gasteiger partial charge < -0.3 is 9.30 Å². The molecule has 2 heterocycles. The van der Waals surface area contributed by atoms with E-state index in [9.17, 15) is 0 Å². The summed E-state index contributed by atoms with van der Waals surface area (Å²) < 4.78 is 7.39. The Bertz CT molecular complexity index is 1040. The van der Waals surface area contributed by atoms with Gasteiger partial charge in [-0.1, -0.05) is 42.1 Å². The predicted octanol–water partition coefficient (Wildman–Crippen LogP) is 3.36. The van der Waals surface area contributed by atoms with E-state index in [1.807, 2.05) is 66.2 Å². The number of benzene rings is 2. The van der Waals surface area contributed by atoms with Crippen molar-refractivity contribution in [3.8, 4) is 22.8 Å². The van der Waals surface area contributed by atoms with E-state index in [1.54, 1.807) is 29.9 Å². The SMILES string of the molecule is COc1ccccc1-c1nnc(SCc2cnn(-c3ccccc3)n2)n1C. The molecule has 0 atom stereocenters. The molecule has 8 heteroatoms. The van der Waals surface area contributed by atoms with E-state index in [2.05, 4.69) is 20.4 Å². The van der Waals surface area contributed by atoms with Crippen LogP contribution in [0.2, 0.25) is 0 Å². The minimum Gasteiger partial charge on any atom is -0.496 e. The molecule has 0 spiro atoms. The molecule has 0 unspecified atom stereocenters. The van der Waals surface area contributed by atoms with Crippen LogP contribution in [0, 0.1) is 0 Å². The van der Waals surface area contributed by atoms with Crippen molar-refractivity contribution in [2.45, 2.75) is 10.9 Å². The highest BCUT2D eigenvalue weighted by Crippen LogP contribution is 2.30. The largest absolute Gasteiger partial charge is 0.496 e. The summed E-state index contributed by atoms with van der Waals surface area (Å²) in [5.74, 6) is 2.20. The van der Waals surface area contributed by atoms with E-state index in [0.717, 1.165) is 33.7 Å². The third-order valence-corrected chi connectivity index (χ3v) is 5.11. The highest BCUT2D eigenvalue weighted by molar-refractivity contribution is 7.98. The second kappa shape index (κ2) is 7.63. The molecule has 0 saturated heterocycles. The topological polar surface area (TPSA) is 70.7 Å². The van der Waals surface area contributed by atoms with Crippen LogP contribution in [0.3, 0.4) is 0 Å². The van der Waals surface area contributed by atoms with Gasteiger partial charge in [0.05, 0.1) is 30.3 Å². The third kappa shape index (κ3) is 3.56. The van der Waals surface area contributed by atoms with Crippen molar-refractivity contribution < 1.29 is 4.74 Å². The van der Waals surface area contributed by atoms with Gasteiger partial charge in [-0.05, 0) is 24.3 Å². The summed E-state index contributed by atoms with van der Waals surface area (Å²) >= 11 is 1.57. The van der Waals surface area contributed by atoms with Gasteiger partial charge in [0.25, 0.3) is 0 Å². The molecule has 0 aliphatic heterocycles. The van der Waals surface area contributed by atoms with E-state index in [4.69, 9.17) is 4.74 Å². The Morgan fingerprint density at radius 1 is 1.00 bits per heavy atom. The minimum absolute atomic E-state index is 0.657. The maximum atomic E-state index is 5.43. The van der Waals surface area contributed by atoms with Crippen molar-refractivity contribution in [1.29, 1.82) is 0 Å². The highest BCUT2D eigenvalue weighted by Gasteiger charge is 2.15. The van der Waals surface area contributed by atoms with Crippen molar-refractivity contribution in [3.05, 3.63) is 66.5 Å². The van der Waals surface area contributed by atoms with Crippen LogP contribution in [0.15, 0.2) is 66.0 Å². The standard InChI is InChI=1S/C19H18N6OS/c1-24-18(16-10-6-7-11-17(16)26-2)21-22-19(24)27-13-14-12-20-25(23-14)15-8-4-3-5-9-15/h3-12H,13H2,1-2H3. The first-order chi connectivity index (χ1) is 13.3. The van der Waals surface area contributed by atoms with Crippen molar-refractivity contribution in [2.75, 3.05) is 7.11 Å². The molecule has 0 N–H and O–H groups in total. The quantitative estimate of drug-likeness (QED) is 0.479. The normalized spacial score (nSPS) is 10.9. The van der Waals surface area contributed by atoms with Crippen LogP contribution in [-0.4, -0.2) is 36.9 Å². The molecule has 2 aromatic carbocycles. The zero-order valence-electron chi connectivity index (χ0n) is 15.0. The smallest absolute Gasteiger partial charge is 0.191 e. The Kier molecular flexibility index (Phi) is 4.88. The highest BCUT2D eigenvalue weighted by atomic mass is 32.2. The van der Waals surface area contributed by atoms with Gasteiger partial charge in [-0.15, -0.1) is 10.2 Å². The molecule has 7 nitrogen and oxygen atoms in total. The second-order valence-electron chi connectivity index (χ2n) is 5.82. The molecule has 4 aromatic rings. The van der Waals surface area contributed by atoms with Crippen LogP contribution < -0.4 is 4.74 Å². The molecule has 2 aromatic heterocycles. The predicted molar refractivity (Wildman–Crippen MR) is 104 cm³/mol. The van der Waals surface area contributed by atoms with Crippen LogP contribution in [-0.2, 0) is 12.8 Å². The van der Waals surface area contributed by atoms with Crippen LogP contribution in [0.5, 0.6) is 5.75 Å². The van der Waals surface area contributed by atoms with E-state index in [1.165, 1.54) is 0 Å². The average Bonchev–Trinajstić information content (AvgIpc) is 3.34. The molecule has 0 aliphatic carbocycles. The summed E-state index contributed by atoms with van der Waals surface area (Å²) in [6.07, 6.45) is 1.78. The number of hydrogen-bond donors (Lipinski definition) is 0. The van der Waals surface area contributed by atoms with Crippen LogP contribution >= 0.6 is 11.8 Å². The van der Waals surface area contributed by atoms with E-state index in [0.29, 0.717) is 5.75 Å². The first kappa shape index (κ1) is 17.3. The first-order valence-corrected chi connectivity index (χ1v) is 9.37. The molecule has 0 amide bonds. The lowest BCUT2D eigenvalue weighted by molar-refractivity contribution is 0.416. The molecule has 0 bridgehead atoms. The van der Waals surface area contributed by atoms with E-state index in [-0.39, 0.29) is 0 Å². The number of para-hydroxylation sites is 2. The number of methoxy groups -OCH3 is 1. The van der Waals surface area contributed by atoms with E-state index < -0.39 is 0 Å². The lowest BCUT2D eigenvalue weighted by atomic mass is 10.2. The van der Waals surface area contributed by atoms with Crippen molar-refractivity contribution in [1.82, 2.24) is 29.8 Å². The number of hydrogen-bond acceptors (Lipinski definition) is 6. The van der Waals surface area contributed by atoms with Gasteiger partial charge in [-0.25, -0.2) is 0 Å². The van der Waals surface area contributed by atoms with Gasteiger partial charge in [0.1, 0.15) is 5.75 Å². The summed E-state index contributed by atoms with van der Waals surface area (Å²) in [6.45, 7) is 0. The summed E-state index contributed by atoms with van der Waals surface area (Å²) in [7, 11) is 3.60. The van der Waals surface area contributed by atoms with Gasteiger partial charge in [-0.3, -0.25) is 0 Å². The Balaban J connectivity index is 1.50. The molecule has 136 valence electrons. The fourth-order valence-corrected chi connectivity index (χ4v) is 3.48. The molecule has 4 rings (SSSR count). The molecule has 0 aliphatic rings. The minimum atomic E-state index is 0.657. The van der Waals surface area contributed by atoms with Crippen LogP contribution in [0.4, 0.5) is 0 Å². The van der Waals surface area contributed by atoms with Gasteiger partial charge in [0, 0.05) is 12.8 Å². The summed E-state index contributed by atoms with van der Waals surface area (Å²) in [5, 5.41) is 18.3.